The standard InChI is InChI=1S/C12H15BrN4O2/c13-8-3-4-9(11(14)16-19)10(7-8)15-12(18)17-5-1-2-6-17/h3-4,7,19H,1-2,5-6H2,(H2,14,16)(H,15,18). The number of halogens is 1. The molecule has 0 atom stereocenters. The minimum atomic E-state index is -0.164. The van der Waals surface area contributed by atoms with E-state index in [9.17, 15) is 4.79 Å². The van der Waals surface area contributed by atoms with E-state index in [1.54, 1.807) is 23.1 Å². The van der Waals surface area contributed by atoms with Crippen molar-refractivity contribution in [3.63, 3.8) is 0 Å². The first-order chi connectivity index (χ1) is 9.11. The number of benzene rings is 1. The van der Waals surface area contributed by atoms with E-state index in [-0.39, 0.29) is 11.9 Å². The van der Waals surface area contributed by atoms with E-state index in [1.807, 2.05) is 0 Å². The number of oxime groups is 1. The van der Waals surface area contributed by atoms with E-state index in [0.29, 0.717) is 11.3 Å². The number of amidine groups is 1. The van der Waals surface area contributed by atoms with Crippen LogP contribution in [0.5, 0.6) is 0 Å². The summed E-state index contributed by atoms with van der Waals surface area (Å²) in [6.07, 6.45) is 2.05. The second kappa shape index (κ2) is 5.92. The molecule has 1 aromatic carbocycles. The molecular weight excluding hydrogens is 312 g/mol. The molecule has 1 aliphatic rings. The molecule has 1 aliphatic heterocycles. The van der Waals surface area contributed by atoms with Gasteiger partial charge in [0.2, 0.25) is 0 Å². The van der Waals surface area contributed by atoms with Gasteiger partial charge >= 0.3 is 6.03 Å². The first-order valence-corrected chi connectivity index (χ1v) is 6.74. The molecule has 0 saturated carbocycles. The number of carbonyl (C=O) groups excluding carboxylic acids is 1. The summed E-state index contributed by atoms with van der Waals surface area (Å²) in [5, 5.41) is 14.5. The Bertz CT molecular complexity index is 512. The smallest absolute Gasteiger partial charge is 0.321 e. The Kier molecular flexibility index (Phi) is 4.26. The Balaban J connectivity index is 2.22. The summed E-state index contributed by atoms with van der Waals surface area (Å²) in [4.78, 5) is 13.8. The number of nitrogens with two attached hydrogens (primary N) is 1. The van der Waals surface area contributed by atoms with Crippen LogP contribution in [0.25, 0.3) is 0 Å². The number of anilines is 1. The molecule has 0 unspecified atom stereocenters. The first-order valence-electron chi connectivity index (χ1n) is 5.95. The number of rotatable bonds is 2. The van der Waals surface area contributed by atoms with Crippen LogP contribution < -0.4 is 11.1 Å². The van der Waals surface area contributed by atoms with Crippen molar-refractivity contribution in [3.05, 3.63) is 28.2 Å². The third-order valence-corrected chi connectivity index (χ3v) is 3.49. The Morgan fingerprint density at radius 3 is 2.74 bits per heavy atom. The zero-order chi connectivity index (χ0) is 13.8. The van der Waals surface area contributed by atoms with Crippen molar-refractivity contribution in [3.8, 4) is 0 Å². The molecular formula is C12H15BrN4O2. The highest BCUT2D eigenvalue weighted by molar-refractivity contribution is 9.10. The average Bonchev–Trinajstić information content (AvgIpc) is 2.92. The minimum Gasteiger partial charge on any atom is -0.409 e. The van der Waals surface area contributed by atoms with Crippen LogP contribution in [-0.2, 0) is 0 Å². The van der Waals surface area contributed by atoms with Gasteiger partial charge in [-0.15, -0.1) is 0 Å². The second-order valence-electron chi connectivity index (χ2n) is 4.30. The predicted octanol–water partition coefficient (Wildman–Crippen LogP) is 2.17. The monoisotopic (exact) mass is 326 g/mol. The van der Waals surface area contributed by atoms with Crippen LogP contribution in [0.2, 0.25) is 0 Å². The molecule has 2 amide bonds. The van der Waals surface area contributed by atoms with E-state index in [0.717, 1.165) is 30.4 Å². The van der Waals surface area contributed by atoms with Crippen LogP contribution in [-0.4, -0.2) is 35.1 Å². The fraction of sp³-hybridized carbons (Fsp3) is 0.333. The molecule has 102 valence electrons. The van der Waals surface area contributed by atoms with Crippen LogP contribution >= 0.6 is 15.9 Å². The van der Waals surface area contributed by atoms with Gasteiger partial charge in [0.15, 0.2) is 5.84 Å². The normalized spacial score (nSPS) is 15.6. The van der Waals surface area contributed by atoms with Crippen molar-refractivity contribution in [2.75, 3.05) is 18.4 Å². The summed E-state index contributed by atoms with van der Waals surface area (Å²) in [6, 6.07) is 5.00. The third kappa shape index (κ3) is 3.17. The third-order valence-electron chi connectivity index (χ3n) is 3.00. The van der Waals surface area contributed by atoms with E-state index in [4.69, 9.17) is 10.9 Å². The molecule has 2 rings (SSSR count). The number of hydrogen-bond donors (Lipinski definition) is 3. The first kappa shape index (κ1) is 13.7. The van der Waals surface area contributed by atoms with E-state index >= 15 is 0 Å². The molecule has 0 aromatic heterocycles. The zero-order valence-corrected chi connectivity index (χ0v) is 11.9. The molecule has 7 heteroatoms. The lowest BCUT2D eigenvalue weighted by Crippen LogP contribution is -2.33. The average molecular weight is 327 g/mol. The Morgan fingerprint density at radius 1 is 1.42 bits per heavy atom. The van der Waals surface area contributed by atoms with Crippen molar-refractivity contribution < 1.29 is 10.0 Å². The molecule has 4 N–H and O–H groups in total. The fourth-order valence-electron chi connectivity index (χ4n) is 2.01. The highest BCUT2D eigenvalue weighted by Crippen LogP contribution is 2.22. The van der Waals surface area contributed by atoms with Crippen molar-refractivity contribution >= 4 is 33.5 Å². The number of hydrogen-bond acceptors (Lipinski definition) is 3. The lowest BCUT2D eigenvalue weighted by atomic mass is 10.1. The van der Waals surface area contributed by atoms with Crippen molar-refractivity contribution in [1.82, 2.24) is 4.90 Å². The summed E-state index contributed by atoms with van der Waals surface area (Å²) in [6.45, 7) is 1.53. The molecule has 1 fully saturated rings. The van der Waals surface area contributed by atoms with Crippen molar-refractivity contribution in [1.29, 1.82) is 0 Å². The van der Waals surface area contributed by atoms with Crippen LogP contribution in [0.3, 0.4) is 0 Å². The quantitative estimate of drug-likeness (QED) is 0.336. The van der Waals surface area contributed by atoms with E-state index in [1.165, 1.54) is 0 Å². The van der Waals surface area contributed by atoms with Crippen molar-refractivity contribution in [2.24, 2.45) is 10.9 Å². The fourth-order valence-corrected chi connectivity index (χ4v) is 2.37. The molecule has 0 spiro atoms. The minimum absolute atomic E-state index is 0.0378. The summed E-state index contributed by atoms with van der Waals surface area (Å²) in [5.74, 6) is -0.0378. The molecule has 0 radical (unpaired) electrons. The highest BCUT2D eigenvalue weighted by Gasteiger charge is 2.19. The Labute approximate surface area is 119 Å². The van der Waals surface area contributed by atoms with Gasteiger partial charge in [0.1, 0.15) is 0 Å². The van der Waals surface area contributed by atoms with Crippen LogP contribution in [0.4, 0.5) is 10.5 Å². The number of likely N-dealkylation sites (tertiary alicyclic amines) is 1. The Hall–Kier alpha value is -1.76. The Morgan fingerprint density at radius 2 is 2.11 bits per heavy atom. The molecule has 19 heavy (non-hydrogen) atoms. The summed E-state index contributed by atoms with van der Waals surface area (Å²) in [7, 11) is 0. The number of nitrogens with zero attached hydrogens (tertiary/aromatic N) is 2. The van der Waals surface area contributed by atoms with Crippen molar-refractivity contribution in [2.45, 2.75) is 12.8 Å². The maximum atomic E-state index is 12.0. The van der Waals surface area contributed by atoms with Gasteiger partial charge in [0.05, 0.1) is 5.69 Å². The SMILES string of the molecule is N/C(=N/O)c1ccc(Br)cc1NC(=O)N1CCCC1. The molecule has 0 bridgehead atoms. The molecule has 1 aromatic rings. The number of amides is 2. The number of carbonyl (C=O) groups is 1. The zero-order valence-electron chi connectivity index (χ0n) is 10.3. The summed E-state index contributed by atoms with van der Waals surface area (Å²) < 4.78 is 0.804. The van der Waals surface area contributed by atoms with Crippen LogP contribution in [0, 0.1) is 0 Å². The van der Waals surface area contributed by atoms with Gasteiger partial charge < -0.3 is 21.2 Å². The molecule has 6 nitrogen and oxygen atoms in total. The highest BCUT2D eigenvalue weighted by atomic mass is 79.9. The van der Waals surface area contributed by atoms with Gasteiger partial charge in [-0.3, -0.25) is 0 Å². The van der Waals surface area contributed by atoms with Crippen LogP contribution in [0.15, 0.2) is 27.8 Å². The lowest BCUT2D eigenvalue weighted by molar-refractivity contribution is 0.222. The predicted molar refractivity (Wildman–Crippen MR) is 76.5 cm³/mol. The largest absolute Gasteiger partial charge is 0.409 e. The lowest BCUT2D eigenvalue weighted by Gasteiger charge is -2.18. The maximum absolute atomic E-state index is 12.0. The summed E-state index contributed by atoms with van der Waals surface area (Å²) >= 11 is 3.33. The van der Waals surface area contributed by atoms with Gasteiger partial charge in [-0.05, 0) is 31.0 Å². The van der Waals surface area contributed by atoms with Gasteiger partial charge in [-0.2, -0.15) is 0 Å². The molecule has 1 saturated heterocycles. The van der Waals surface area contributed by atoms with Gasteiger partial charge in [0, 0.05) is 23.1 Å². The van der Waals surface area contributed by atoms with Crippen LogP contribution in [0.1, 0.15) is 18.4 Å². The topological polar surface area (TPSA) is 91.0 Å². The second-order valence-corrected chi connectivity index (χ2v) is 5.22. The molecule has 0 aliphatic carbocycles. The summed E-state index contributed by atoms with van der Waals surface area (Å²) in [5.41, 5.74) is 6.59. The van der Waals surface area contributed by atoms with Gasteiger partial charge in [0.25, 0.3) is 0 Å². The number of nitrogens with one attached hydrogen (secondary N) is 1. The van der Waals surface area contributed by atoms with Gasteiger partial charge in [-0.1, -0.05) is 21.1 Å². The number of urea groups is 1. The maximum Gasteiger partial charge on any atom is 0.321 e. The van der Waals surface area contributed by atoms with E-state index in [2.05, 4.69) is 26.4 Å². The molecule has 1 heterocycles. The van der Waals surface area contributed by atoms with Gasteiger partial charge in [-0.25, -0.2) is 4.79 Å². The van der Waals surface area contributed by atoms with E-state index < -0.39 is 0 Å².